The third-order valence-electron chi connectivity index (χ3n) is 3.27. The molecule has 110 valence electrons. The monoisotopic (exact) mass is 300 g/mol. The van der Waals surface area contributed by atoms with Crippen molar-refractivity contribution >= 4 is 17.2 Å². The average Bonchev–Trinajstić information content (AvgIpc) is 2.48. The van der Waals surface area contributed by atoms with E-state index in [1.54, 1.807) is 0 Å². The fraction of sp³-hybridized carbons (Fsp3) is 0.294. The smallest absolute Gasteiger partial charge is 0.119 e. The van der Waals surface area contributed by atoms with Crippen molar-refractivity contribution in [3.8, 4) is 17.0 Å². The zero-order chi connectivity index (χ0) is 15.2. The Kier molecular flexibility index (Phi) is 5.28. The fourth-order valence-corrected chi connectivity index (χ4v) is 2.25. The summed E-state index contributed by atoms with van der Waals surface area (Å²) in [5.74, 6) is 0.892. The van der Waals surface area contributed by atoms with Crippen LogP contribution in [0.3, 0.4) is 0 Å². The van der Waals surface area contributed by atoms with E-state index in [2.05, 4.69) is 11.9 Å². The number of pyridine rings is 1. The van der Waals surface area contributed by atoms with E-state index in [1.165, 1.54) is 0 Å². The second-order valence-electron chi connectivity index (χ2n) is 4.92. The summed E-state index contributed by atoms with van der Waals surface area (Å²) in [6, 6.07) is 11.8. The van der Waals surface area contributed by atoms with Crippen molar-refractivity contribution in [3.05, 3.63) is 47.7 Å². The first-order valence-electron chi connectivity index (χ1n) is 7.12. The van der Waals surface area contributed by atoms with Gasteiger partial charge in [-0.1, -0.05) is 25.6 Å². The van der Waals surface area contributed by atoms with Gasteiger partial charge in [0, 0.05) is 16.8 Å². The van der Waals surface area contributed by atoms with Crippen molar-refractivity contribution in [1.29, 1.82) is 0 Å². The molecule has 0 unspecified atom stereocenters. The Bertz CT molecular complexity index is 623. The third kappa shape index (κ3) is 4.02. The highest BCUT2D eigenvalue weighted by atomic mass is 32.1. The van der Waals surface area contributed by atoms with Gasteiger partial charge in [-0.2, -0.15) is 0 Å². The lowest BCUT2D eigenvalue weighted by molar-refractivity contribution is 0.309. The lowest BCUT2D eigenvalue weighted by Crippen LogP contribution is -2.12. The molecule has 0 saturated heterocycles. The van der Waals surface area contributed by atoms with E-state index in [-0.39, 0.29) is 0 Å². The van der Waals surface area contributed by atoms with E-state index < -0.39 is 0 Å². The van der Waals surface area contributed by atoms with Crippen LogP contribution in [0.25, 0.3) is 11.3 Å². The van der Waals surface area contributed by atoms with Crippen molar-refractivity contribution in [1.82, 2.24) is 4.98 Å². The number of hydrogen-bond acceptors (Lipinski definition) is 3. The molecule has 1 aromatic heterocycles. The Morgan fingerprint density at radius 1 is 1.19 bits per heavy atom. The Morgan fingerprint density at radius 3 is 2.48 bits per heavy atom. The van der Waals surface area contributed by atoms with E-state index in [1.807, 2.05) is 43.3 Å². The van der Waals surface area contributed by atoms with E-state index >= 15 is 0 Å². The molecular weight excluding hydrogens is 280 g/mol. The minimum absolute atomic E-state index is 0.381. The summed E-state index contributed by atoms with van der Waals surface area (Å²) in [4.78, 5) is 4.94. The number of unbranched alkanes of at least 4 members (excludes halogenated alkanes) is 1. The molecule has 0 aliphatic heterocycles. The highest BCUT2D eigenvalue weighted by Crippen LogP contribution is 2.22. The Labute approximate surface area is 131 Å². The Morgan fingerprint density at radius 2 is 1.90 bits per heavy atom. The zero-order valence-electron chi connectivity index (χ0n) is 12.4. The van der Waals surface area contributed by atoms with Crippen molar-refractivity contribution in [2.75, 3.05) is 6.61 Å². The number of benzene rings is 1. The van der Waals surface area contributed by atoms with Gasteiger partial charge in [-0.3, -0.25) is 4.98 Å². The minimum atomic E-state index is 0.381. The molecule has 0 aliphatic rings. The van der Waals surface area contributed by atoms with Crippen LogP contribution in [0, 0.1) is 6.92 Å². The van der Waals surface area contributed by atoms with Crippen LogP contribution in [0.2, 0.25) is 0 Å². The molecule has 2 N–H and O–H groups in total. The maximum absolute atomic E-state index is 5.66. The lowest BCUT2D eigenvalue weighted by Gasteiger charge is -2.08. The van der Waals surface area contributed by atoms with Gasteiger partial charge in [-0.25, -0.2) is 0 Å². The van der Waals surface area contributed by atoms with Gasteiger partial charge in [0.1, 0.15) is 10.7 Å². The number of nitrogens with two attached hydrogens (primary N) is 1. The zero-order valence-corrected chi connectivity index (χ0v) is 13.2. The molecule has 0 fully saturated rings. The molecule has 21 heavy (non-hydrogen) atoms. The number of hydrogen-bond donors (Lipinski definition) is 1. The number of aromatic nitrogens is 1. The van der Waals surface area contributed by atoms with E-state index in [0.29, 0.717) is 4.99 Å². The molecule has 0 radical (unpaired) electrons. The lowest BCUT2D eigenvalue weighted by atomic mass is 10.1. The van der Waals surface area contributed by atoms with Crippen LogP contribution in [-0.4, -0.2) is 16.6 Å². The number of aryl methyl sites for hydroxylation is 1. The van der Waals surface area contributed by atoms with Gasteiger partial charge in [0.15, 0.2) is 0 Å². The van der Waals surface area contributed by atoms with Crippen LogP contribution in [0.1, 0.15) is 31.0 Å². The average molecular weight is 300 g/mol. The summed E-state index contributed by atoms with van der Waals surface area (Å²) in [7, 11) is 0. The van der Waals surface area contributed by atoms with E-state index in [9.17, 15) is 0 Å². The Hall–Kier alpha value is -1.94. The minimum Gasteiger partial charge on any atom is -0.494 e. The van der Waals surface area contributed by atoms with Gasteiger partial charge < -0.3 is 10.5 Å². The molecule has 0 saturated carbocycles. The topological polar surface area (TPSA) is 48.1 Å². The second kappa shape index (κ2) is 7.18. The molecule has 0 aliphatic carbocycles. The second-order valence-corrected chi connectivity index (χ2v) is 5.36. The largest absolute Gasteiger partial charge is 0.494 e. The van der Waals surface area contributed by atoms with Gasteiger partial charge in [-0.15, -0.1) is 0 Å². The number of thiocarbonyl (C=S) groups is 1. The van der Waals surface area contributed by atoms with E-state index in [0.717, 1.165) is 47.7 Å². The third-order valence-corrected chi connectivity index (χ3v) is 3.49. The molecule has 0 atom stereocenters. The maximum atomic E-state index is 5.66. The predicted octanol–water partition coefficient (Wildman–Crippen LogP) is 3.87. The first-order valence-corrected chi connectivity index (χ1v) is 7.53. The van der Waals surface area contributed by atoms with Crippen LogP contribution < -0.4 is 10.5 Å². The van der Waals surface area contributed by atoms with Gasteiger partial charge >= 0.3 is 0 Å². The number of ether oxygens (including phenoxy) is 1. The summed E-state index contributed by atoms with van der Waals surface area (Å²) in [6.45, 7) is 4.83. The van der Waals surface area contributed by atoms with Crippen LogP contribution in [0.15, 0.2) is 36.4 Å². The Balaban J connectivity index is 2.15. The molecule has 0 spiro atoms. The van der Waals surface area contributed by atoms with Gasteiger partial charge in [0.05, 0.1) is 12.3 Å². The molecule has 2 rings (SSSR count). The normalized spacial score (nSPS) is 10.4. The van der Waals surface area contributed by atoms with Crippen molar-refractivity contribution in [2.24, 2.45) is 5.73 Å². The van der Waals surface area contributed by atoms with Gasteiger partial charge in [0.2, 0.25) is 0 Å². The molecular formula is C17H20N2OS. The van der Waals surface area contributed by atoms with E-state index in [4.69, 9.17) is 22.7 Å². The van der Waals surface area contributed by atoms with Crippen LogP contribution in [0.5, 0.6) is 5.75 Å². The standard InChI is InChI=1S/C17H20N2OS/c1-3-4-11-20-14-7-5-13(6-8-14)16-10-9-15(17(18)21)12(2)19-16/h5-10H,3-4,11H2,1-2H3,(H2,18,21). The number of nitrogens with zero attached hydrogens (tertiary/aromatic N) is 1. The molecule has 0 amide bonds. The predicted molar refractivity (Wildman–Crippen MR) is 90.7 cm³/mol. The highest BCUT2D eigenvalue weighted by Gasteiger charge is 2.06. The first kappa shape index (κ1) is 15.4. The molecule has 1 aromatic carbocycles. The molecule has 4 heteroatoms. The summed E-state index contributed by atoms with van der Waals surface area (Å²) >= 11 is 5.00. The molecule has 0 bridgehead atoms. The molecule has 1 heterocycles. The van der Waals surface area contributed by atoms with Gasteiger partial charge in [0.25, 0.3) is 0 Å². The SMILES string of the molecule is CCCCOc1ccc(-c2ccc(C(N)=S)c(C)n2)cc1. The summed E-state index contributed by atoms with van der Waals surface area (Å²) in [5, 5.41) is 0. The summed E-state index contributed by atoms with van der Waals surface area (Å²) in [6.07, 6.45) is 2.21. The highest BCUT2D eigenvalue weighted by molar-refractivity contribution is 7.80. The first-order chi connectivity index (χ1) is 10.1. The summed E-state index contributed by atoms with van der Waals surface area (Å²) in [5.41, 5.74) is 9.29. The number of rotatable bonds is 6. The molecule has 3 nitrogen and oxygen atoms in total. The summed E-state index contributed by atoms with van der Waals surface area (Å²) < 4.78 is 5.66. The van der Waals surface area contributed by atoms with Crippen molar-refractivity contribution < 1.29 is 4.74 Å². The molecule has 2 aromatic rings. The fourth-order valence-electron chi connectivity index (χ4n) is 2.04. The maximum Gasteiger partial charge on any atom is 0.119 e. The van der Waals surface area contributed by atoms with Gasteiger partial charge in [-0.05, 0) is 49.7 Å². The quantitative estimate of drug-likeness (QED) is 0.650. The van der Waals surface area contributed by atoms with Crippen LogP contribution in [-0.2, 0) is 0 Å². The van der Waals surface area contributed by atoms with Crippen LogP contribution >= 0.6 is 12.2 Å². The van der Waals surface area contributed by atoms with Crippen LogP contribution in [0.4, 0.5) is 0 Å². The van der Waals surface area contributed by atoms with Crippen molar-refractivity contribution in [3.63, 3.8) is 0 Å². The van der Waals surface area contributed by atoms with Crippen molar-refractivity contribution in [2.45, 2.75) is 26.7 Å².